The van der Waals surface area contributed by atoms with E-state index in [-0.39, 0.29) is 24.6 Å². The van der Waals surface area contributed by atoms with Gasteiger partial charge in [0.2, 0.25) is 0 Å². The minimum Gasteiger partial charge on any atom is -0.425 e. The minimum absolute atomic E-state index is 0.170. The van der Waals surface area contributed by atoms with Crippen molar-refractivity contribution in [3.8, 4) is 16.9 Å². The van der Waals surface area contributed by atoms with E-state index in [1.807, 2.05) is 30.3 Å². The lowest BCUT2D eigenvalue weighted by atomic mass is 9.96. The van der Waals surface area contributed by atoms with Gasteiger partial charge in [0, 0.05) is 0 Å². The molecule has 2 rings (SSSR count). The van der Waals surface area contributed by atoms with Gasteiger partial charge in [-0.1, -0.05) is 42.5 Å². The molecule has 108 valence electrons. The van der Waals surface area contributed by atoms with E-state index in [4.69, 9.17) is 16.2 Å². The zero-order valence-corrected chi connectivity index (χ0v) is 11.4. The third kappa shape index (κ3) is 3.34. The maximum absolute atomic E-state index is 12.2. The first-order valence-electron chi connectivity index (χ1n) is 6.49. The molecule has 0 amide bonds. The highest BCUT2D eigenvalue weighted by Crippen LogP contribution is 2.31. The molecule has 0 heterocycles. The predicted molar refractivity (Wildman–Crippen MR) is 80.0 cm³/mol. The highest BCUT2D eigenvalue weighted by molar-refractivity contribution is 6.06. The van der Waals surface area contributed by atoms with E-state index in [9.17, 15) is 9.59 Å². The van der Waals surface area contributed by atoms with Gasteiger partial charge in [0.05, 0.1) is 18.7 Å². The van der Waals surface area contributed by atoms with Crippen LogP contribution in [0.15, 0.2) is 48.5 Å². The fraction of sp³-hybridized carbons (Fsp3) is 0.125. The maximum atomic E-state index is 12.2. The van der Waals surface area contributed by atoms with Gasteiger partial charge in [0.15, 0.2) is 5.78 Å². The van der Waals surface area contributed by atoms with Gasteiger partial charge in [0.1, 0.15) is 5.75 Å². The van der Waals surface area contributed by atoms with Crippen LogP contribution in [0.2, 0.25) is 0 Å². The number of rotatable bonds is 5. The van der Waals surface area contributed by atoms with Crippen molar-refractivity contribution >= 4 is 11.8 Å². The Bertz CT molecular complexity index is 654. The van der Waals surface area contributed by atoms with Gasteiger partial charge in [0.25, 0.3) is 0 Å². The zero-order chi connectivity index (χ0) is 15.2. The van der Waals surface area contributed by atoms with Crippen LogP contribution in [0.25, 0.3) is 11.1 Å². The molecule has 0 aliphatic carbocycles. The smallest absolute Gasteiger partial charge is 0.325 e. The predicted octanol–water partition coefficient (Wildman–Crippen LogP) is 1.36. The Hall–Kier alpha value is -2.50. The molecule has 2 aromatic rings. The summed E-state index contributed by atoms with van der Waals surface area (Å²) >= 11 is 0. The average molecular weight is 284 g/mol. The van der Waals surface area contributed by atoms with Crippen LogP contribution in [0, 0.1) is 0 Å². The van der Waals surface area contributed by atoms with Crippen LogP contribution >= 0.6 is 0 Å². The van der Waals surface area contributed by atoms with Gasteiger partial charge in [-0.3, -0.25) is 9.59 Å². The molecule has 5 heteroatoms. The van der Waals surface area contributed by atoms with Crippen LogP contribution < -0.4 is 16.2 Å². The molecule has 21 heavy (non-hydrogen) atoms. The van der Waals surface area contributed by atoms with E-state index in [1.54, 1.807) is 18.2 Å². The van der Waals surface area contributed by atoms with E-state index in [0.717, 1.165) is 5.56 Å². The van der Waals surface area contributed by atoms with E-state index < -0.39 is 5.97 Å². The molecule has 0 saturated carbocycles. The second-order valence-corrected chi connectivity index (χ2v) is 4.35. The first-order valence-corrected chi connectivity index (χ1v) is 6.49. The normalized spacial score (nSPS) is 10.2. The lowest BCUT2D eigenvalue weighted by molar-refractivity contribution is -0.132. The number of carbonyl (C=O) groups excluding carboxylic acids is 2. The van der Waals surface area contributed by atoms with Crippen LogP contribution in [-0.2, 0) is 4.79 Å². The quantitative estimate of drug-likeness (QED) is 0.491. The summed E-state index contributed by atoms with van der Waals surface area (Å²) < 4.78 is 5.14. The number of nitrogens with two attached hydrogens (primary N) is 2. The van der Waals surface area contributed by atoms with Crippen molar-refractivity contribution in [1.29, 1.82) is 0 Å². The minimum atomic E-state index is -0.605. The molecule has 2 aromatic carbocycles. The van der Waals surface area contributed by atoms with Gasteiger partial charge in [-0.2, -0.15) is 0 Å². The van der Waals surface area contributed by atoms with Crippen LogP contribution in [0.4, 0.5) is 0 Å². The van der Waals surface area contributed by atoms with Gasteiger partial charge in [-0.05, 0) is 17.2 Å². The molecule has 0 aliphatic heterocycles. The topological polar surface area (TPSA) is 95.4 Å². The number of benzene rings is 2. The molecule has 0 aromatic heterocycles. The first kappa shape index (κ1) is 14.9. The van der Waals surface area contributed by atoms with Crippen molar-refractivity contribution in [1.82, 2.24) is 0 Å². The summed E-state index contributed by atoms with van der Waals surface area (Å²) in [5.41, 5.74) is 12.5. The lowest BCUT2D eigenvalue weighted by Crippen LogP contribution is -2.22. The van der Waals surface area contributed by atoms with Crippen molar-refractivity contribution in [2.24, 2.45) is 11.5 Å². The molecule has 0 unspecified atom stereocenters. The largest absolute Gasteiger partial charge is 0.425 e. The number of carbonyl (C=O) groups is 2. The number of hydrogen-bond donors (Lipinski definition) is 2. The SMILES string of the molecule is NCC(=O)Oc1cccc(-c2ccccc2)c1C(=O)CN. The number of esters is 1. The van der Waals surface area contributed by atoms with Gasteiger partial charge >= 0.3 is 5.97 Å². The number of ether oxygens (including phenoxy) is 1. The van der Waals surface area contributed by atoms with Gasteiger partial charge in [-0.25, -0.2) is 0 Å². The van der Waals surface area contributed by atoms with Gasteiger partial charge in [-0.15, -0.1) is 0 Å². The second-order valence-electron chi connectivity index (χ2n) is 4.35. The fourth-order valence-corrected chi connectivity index (χ4v) is 2.03. The molecule has 0 spiro atoms. The third-order valence-electron chi connectivity index (χ3n) is 2.97. The highest BCUT2D eigenvalue weighted by atomic mass is 16.5. The highest BCUT2D eigenvalue weighted by Gasteiger charge is 2.19. The molecule has 0 bridgehead atoms. The van der Waals surface area contributed by atoms with Gasteiger partial charge < -0.3 is 16.2 Å². The van der Waals surface area contributed by atoms with E-state index in [2.05, 4.69) is 0 Å². The summed E-state index contributed by atoms with van der Waals surface area (Å²) in [6.07, 6.45) is 0. The monoisotopic (exact) mass is 284 g/mol. The van der Waals surface area contributed by atoms with Crippen molar-refractivity contribution in [3.05, 3.63) is 54.1 Å². The lowest BCUT2D eigenvalue weighted by Gasteiger charge is -2.13. The first-order chi connectivity index (χ1) is 10.2. The number of ketones is 1. The summed E-state index contributed by atoms with van der Waals surface area (Å²) in [6, 6.07) is 14.4. The average Bonchev–Trinajstić information content (AvgIpc) is 2.54. The zero-order valence-electron chi connectivity index (χ0n) is 11.4. The molecular formula is C16H16N2O3. The standard InChI is InChI=1S/C16H16N2O3/c17-9-13(19)16-12(11-5-2-1-3-6-11)7-4-8-14(16)21-15(20)10-18/h1-8H,9-10,17-18H2. The molecule has 4 N–H and O–H groups in total. The van der Waals surface area contributed by atoms with E-state index in [1.165, 1.54) is 0 Å². The third-order valence-corrected chi connectivity index (χ3v) is 2.97. The van der Waals surface area contributed by atoms with Crippen molar-refractivity contribution < 1.29 is 14.3 Å². The Morgan fingerprint density at radius 3 is 2.24 bits per heavy atom. The Kier molecular flexibility index (Phi) is 4.81. The Labute approximate surface area is 122 Å². The molecule has 5 nitrogen and oxygen atoms in total. The maximum Gasteiger partial charge on any atom is 0.325 e. The summed E-state index contributed by atoms with van der Waals surface area (Å²) in [4.78, 5) is 23.6. The second kappa shape index (κ2) is 6.78. The number of hydrogen-bond acceptors (Lipinski definition) is 5. The van der Waals surface area contributed by atoms with Crippen molar-refractivity contribution in [2.45, 2.75) is 0 Å². The molecule has 0 aliphatic rings. The summed E-state index contributed by atoms with van der Waals surface area (Å²) in [5.74, 6) is -0.720. The molecule has 0 saturated heterocycles. The fourth-order valence-electron chi connectivity index (χ4n) is 2.03. The van der Waals surface area contributed by atoms with E-state index in [0.29, 0.717) is 11.1 Å². The molecular weight excluding hydrogens is 268 g/mol. The molecule has 0 atom stereocenters. The summed E-state index contributed by atoms with van der Waals surface area (Å²) in [5, 5.41) is 0. The van der Waals surface area contributed by atoms with Crippen LogP contribution in [-0.4, -0.2) is 24.8 Å². The van der Waals surface area contributed by atoms with Crippen molar-refractivity contribution in [3.63, 3.8) is 0 Å². The summed E-state index contributed by atoms with van der Waals surface area (Å²) in [6.45, 7) is -0.428. The summed E-state index contributed by atoms with van der Waals surface area (Å²) in [7, 11) is 0. The van der Waals surface area contributed by atoms with E-state index >= 15 is 0 Å². The Morgan fingerprint density at radius 1 is 0.905 bits per heavy atom. The number of Topliss-reactive ketones (excluding diaryl/α,β-unsaturated/α-hetero) is 1. The van der Waals surface area contributed by atoms with Crippen LogP contribution in [0.3, 0.4) is 0 Å². The molecule has 0 fully saturated rings. The molecule has 0 radical (unpaired) electrons. The van der Waals surface area contributed by atoms with Crippen LogP contribution in [0.1, 0.15) is 10.4 Å². The van der Waals surface area contributed by atoms with Crippen molar-refractivity contribution in [2.75, 3.05) is 13.1 Å². The Balaban J connectivity index is 2.57. The Morgan fingerprint density at radius 2 is 1.62 bits per heavy atom. The van der Waals surface area contributed by atoms with Crippen LogP contribution in [0.5, 0.6) is 5.75 Å².